The van der Waals surface area contributed by atoms with Crippen molar-refractivity contribution in [2.45, 2.75) is 31.7 Å². The van der Waals surface area contributed by atoms with E-state index in [4.69, 9.17) is 4.74 Å². The Morgan fingerprint density at radius 2 is 1.70 bits per heavy atom. The molecule has 1 saturated heterocycles. The van der Waals surface area contributed by atoms with E-state index in [1.54, 1.807) is 29.2 Å². The van der Waals surface area contributed by atoms with Crippen LogP contribution >= 0.6 is 0 Å². The quantitative estimate of drug-likeness (QED) is 0.783. The van der Waals surface area contributed by atoms with Gasteiger partial charge in [0.1, 0.15) is 17.4 Å². The number of hydrogen-bond acceptors (Lipinski definition) is 3. The van der Waals surface area contributed by atoms with Crippen LogP contribution in [0.1, 0.15) is 46.4 Å². The standard InChI is InChI=1S/C23H24F2N2O3/c24-17-3-8-20(21(25)13-17)23(29)27-11-9-15(10-12-27)14-30-19-6-1-16(2-7-19)22(28)26-18-4-5-18/h1-3,6-8,13,15,18H,4-5,9-12,14H2,(H,26,28). The lowest BCUT2D eigenvalue weighted by Crippen LogP contribution is -2.40. The highest BCUT2D eigenvalue weighted by Crippen LogP contribution is 2.23. The van der Waals surface area contributed by atoms with Gasteiger partial charge in [-0.2, -0.15) is 0 Å². The number of amides is 2. The van der Waals surface area contributed by atoms with Gasteiger partial charge in [-0.1, -0.05) is 0 Å². The average Bonchev–Trinajstić information content (AvgIpc) is 3.56. The maximum Gasteiger partial charge on any atom is 0.256 e. The molecule has 1 aliphatic carbocycles. The number of carbonyl (C=O) groups excluding carboxylic acids is 2. The second-order valence-corrected chi connectivity index (χ2v) is 7.94. The smallest absolute Gasteiger partial charge is 0.256 e. The third-order valence-electron chi connectivity index (χ3n) is 5.58. The summed E-state index contributed by atoms with van der Waals surface area (Å²) in [5.74, 6) is -1.02. The monoisotopic (exact) mass is 414 g/mol. The normalized spacial score (nSPS) is 16.9. The molecule has 2 aromatic carbocycles. The molecule has 2 fully saturated rings. The molecule has 30 heavy (non-hydrogen) atoms. The molecule has 1 heterocycles. The highest BCUT2D eigenvalue weighted by atomic mass is 19.1. The molecule has 0 bridgehead atoms. The van der Waals surface area contributed by atoms with Crippen molar-refractivity contribution in [2.24, 2.45) is 5.92 Å². The van der Waals surface area contributed by atoms with Gasteiger partial charge in [0, 0.05) is 30.8 Å². The number of ether oxygens (including phenoxy) is 1. The minimum Gasteiger partial charge on any atom is -0.493 e. The summed E-state index contributed by atoms with van der Waals surface area (Å²) in [6.45, 7) is 1.52. The Morgan fingerprint density at radius 3 is 2.33 bits per heavy atom. The van der Waals surface area contributed by atoms with Crippen LogP contribution in [0.2, 0.25) is 0 Å². The van der Waals surface area contributed by atoms with Crippen LogP contribution in [-0.2, 0) is 0 Å². The Morgan fingerprint density at radius 1 is 1.00 bits per heavy atom. The van der Waals surface area contributed by atoms with Crippen molar-refractivity contribution < 1.29 is 23.1 Å². The number of halogens is 2. The molecule has 1 saturated carbocycles. The summed E-state index contributed by atoms with van der Waals surface area (Å²) in [7, 11) is 0. The molecule has 2 aliphatic rings. The summed E-state index contributed by atoms with van der Waals surface area (Å²) in [4.78, 5) is 26.1. The van der Waals surface area contributed by atoms with Gasteiger partial charge in [-0.05, 0) is 68.0 Å². The van der Waals surface area contributed by atoms with E-state index in [-0.39, 0.29) is 17.4 Å². The van der Waals surface area contributed by atoms with Crippen molar-refractivity contribution in [3.8, 4) is 5.75 Å². The Labute approximate surface area is 174 Å². The third kappa shape index (κ3) is 4.96. The molecule has 1 N–H and O–H groups in total. The first-order valence-electron chi connectivity index (χ1n) is 10.3. The third-order valence-corrected chi connectivity index (χ3v) is 5.58. The molecule has 2 aromatic rings. The van der Waals surface area contributed by atoms with Gasteiger partial charge in [-0.15, -0.1) is 0 Å². The van der Waals surface area contributed by atoms with E-state index < -0.39 is 17.5 Å². The Balaban J connectivity index is 1.23. The molecule has 0 atom stereocenters. The number of piperidine rings is 1. The van der Waals surface area contributed by atoms with E-state index in [1.165, 1.54) is 6.07 Å². The van der Waals surface area contributed by atoms with Crippen molar-refractivity contribution >= 4 is 11.8 Å². The van der Waals surface area contributed by atoms with Gasteiger partial charge in [0.05, 0.1) is 12.2 Å². The predicted octanol–water partition coefficient (Wildman–Crippen LogP) is 3.79. The van der Waals surface area contributed by atoms with E-state index >= 15 is 0 Å². The summed E-state index contributed by atoms with van der Waals surface area (Å²) < 4.78 is 32.7. The summed E-state index contributed by atoms with van der Waals surface area (Å²) in [5.41, 5.74) is 0.519. The van der Waals surface area contributed by atoms with Crippen molar-refractivity contribution in [2.75, 3.05) is 19.7 Å². The lowest BCUT2D eigenvalue weighted by molar-refractivity contribution is 0.0656. The average molecular weight is 414 g/mol. The summed E-state index contributed by atoms with van der Waals surface area (Å²) in [6, 6.07) is 10.4. The summed E-state index contributed by atoms with van der Waals surface area (Å²) >= 11 is 0. The molecule has 0 spiro atoms. The first-order chi connectivity index (χ1) is 14.5. The Kier molecular flexibility index (Phi) is 5.97. The van der Waals surface area contributed by atoms with Gasteiger partial charge in [-0.25, -0.2) is 8.78 Å². The predicted molar refractivity (Wildman–Crippen MR) is 107 cm³/mol. The highest BCUT2D eigenvalue weighted by molar-refractivity contribution is 5.95. The number of nitrogens with zero attached hydrogens (tertiary/aromatic N) is 1. The van der Waals surface area contributed by atoms with Crippen molar-refractivity contribution in [1.82, 2.24) is 10.2 Å². The molecule has 0 radical (unpaired) electrons. The zero-order valence-electron chi connectivity index (χ0n) is 16.6. The summed E-state index contributed by atoms with van der Waals surface area (Å²) in [6.07, 6.45) is 3.60. The fourth-order valence-electron chi connectivity index (χ4n) is 3.55. The number of hydrogen-bond donors (Lipinski definition) is 1. The SMILES string of the molecule is O=C(NC1CC1)c1ccc(OCC2CCN(C(=O)c3ccc(F)cc3F)CC2)cc1. The molecule has 7 heteroatoms. The molecule has 158 valence electrons. The van der Waals surface area contributed by atoms with Crippen LogP contribution in [0.15, 0.2) is 42.5 Å². The molecule has 0 unspecified atom stereocenters. The first kappa shape index (κ1) is 20.3. The maximum atomic E-state index is 13.9. The van der Waals surface area contributed by atoms with Gasteiger partial charge in [0.25, 0.3) is 11.8 Å². The zero-order chi connectivity index (χ0) is 21.1. The largest absolute Gasteiger partial charge is 0.493 e. The first-order valence-corrected chi connectivity index (χ1v) is 10.3. The lowest BCUT2D eigenvalue weighted by atomic mass is 9.97. The van der Waals surface area contributed by atoms with Gasteiger partial charge < -0.3 is 15.0 Å². The van der Waals surface area contributed by atoms with Crippen LogP contribution < -0.4 is 10.1 Å². The molecule has 0 aromatic heterocycles. The second-order valence-electron chi connectivity index (χ2n) is 7.94. The van der Waals surface area contributed by atoms with Gasteiger partial charge in [0.2, 0.25) is 0 Å². The Hall–Kier alpha value is -2.96. The molecular weight excluding hydrogens is 390 g/mol. The van der Waals surface area contributed by atoms with Crippen LogP contribution in [0.25, 0.3) is 0 Å². The van der Waals surface area contributed by atoms with Crippen LogP contribution in [0.4, 0.5) is 8.78 Å². The fourth-order valence-corrected chi connectivity index (χ4v) is 3.55. The van der Waals surface area contributed by atoms with Crippen LogP contribution in [0.5, 0.6) is 5.75 Å². The number of benzene rings is 2. The molecule has 4 rings (SSSR count). The fraction of sp³-hybridized carbons (Fsp3) is 0.391. The molecular formula is C23H24F2N2O3. The number of rotatable bonds is 6. The van der Waals surface area contributed by atoms with Gasteiger partial charge in [0.15, 0.2) is 0 Å². The van der Waals surface area contributed by atoms with E-state index in [0.29, 0.717) is 37.1 Å². The lowest BCUT2D eigenvalue weighted by Gasteiger charge is -2.32. The van der Waals surface area contributed by atoms with E-state index in [2.05, 4.69) is 5.32 Å². The minimum atomic E-state index is -0.834. The van der Waals surface area contributed by atoms with Crippen molar-refractivity contribution in [1.29, 1.82) is 0 Å². The number of likely N-dealkylation sites (tertiary alicyclic amines) is 1. The number of nitrogens with one attached hydrogen (secondary N) is 1. The maximum absolute atomic E-state index is 13.9. The second kappa shape index (κ2) is 8.81. The minimum absolute atomic E-state index is 0.0568. The highest BCUT2D eigenvalue weighted by Gasteiger charge is 2.26. The van der Waals surface area contributed by atoms with Gasteiger partial charge >= 0.3 is 0 Å². The van der Waals surface area contributed by atoms with E-state index in [9.17, 15) is 18.4 Å². The molecule has 1 aliphatic heterocycles. The Bertz CT molecular complexity index is 921. The van der Waals surface area contributed by atoms with Crippen LogP contribution in [0, 0.1) is 17.6 Å². The van der Waals surface area contributed by atoms with Crippen molar-refractivity contribution in [3.63, 3.8) is 0 Å². The molecule has 5 nitrogen and oxygen atoms in total. The van der Waals surface area contributed by atoms with Crippen LogP contribution in [0.3, 0.4) is 0 Å². The van der Waals surface area contributed by atoms with Crippen LogP contribution in [-0.4, -0.2) is 42.5 Å². The topological polar surface area (TPSA) is 58.6 Å². The molecule has 2 amide bonds. The summed E-state index contributed by atoms with van der Waals surface area (Å²) in [5, 5.41) is 2.95. The zero-order valence-corrected chi connectivity index (χ0v) is 16.6. The van der Waals surface area contributed by atoms with E-state index in [0.717, 1.165) is 37.8 Å². The van der Waals surface area contributed by atoms with Gasteiger partial charge in [-0.3, -0.25) is 9.59 Å². The number of carbonyl (C=O) groups is 2. The van der Waals surface area contributed by atoms with E-state index in [1.807, 2.05) is 0 Å². The van der Waals surface area contributed by atoms with Crippen molar-refractivity contribution in [3.05, 3.63) is 65.2 Å².